The molecule has 0 bridgehead atoms. The van der Waals surface area contributed by atoms with Gasteiger partial charge in [-0.3, -0.25) is 4.98 Å². The molecule has 186 valence electrons. The summed E-state index contributed by atoms with van der Waals surface area (Å²) in [7, 11) is -0.794. The Balaban J connectivity index is 1.71. The SMILES string of the molecule is Cc1cc(O[C@H](C)O[C@@H](CCO[PH+]=O)c2cccnc2)cc(C)c1Cc1ccc(O)c(C(C)C)c1. The van der Waals surface area contributed by atoms with Crippen molar-refractivity contribution in [3.63, 3.8) is 0 Å². The minimum Gasteiger partial charge on any atom is -0.508 e. The molecule has 0 saturated carbocycles. The summed E-state index contributed by atoms with van der Waals surface area (Å²) in [5.74, 6) is 1.35. The molecular formula is C28H35NO5P+. The third kappa shape index (κ3) is 7.60. The zero-order valence-electron chi connectivity index (χ0n) is 21.1. The molecule has 0 fully saturated rings. The molecule has 0 radical (unpaired) electrons. The number of phenolic OH excluding ortho intramolecular Hbond substituents is 1. The number of phenols is 1. The fourth-order valence-corrected chi connectivity index (χ4v) is 4.42. The van der Waals surface area contributed by atoms with Gasteiger partial charge in [-0.05, 0) is 95.3 Å². The molecule has 3 atom stereocenters. The first kappa shape index (κ1) is 26.8. The number of hydrogen-bond acceptors (Lipinski definition) is 6. The molecule has 6 nitrogen and oxygen atoms in total. The number of aromatic hydroxyl groups is 1. The maximum atomic E-state index is 10.7. The third-order valence-corrected chi connectivity index (χ3v) is 6.34. The van der Waals surface area contributed by atoms with Gasteiger partial charge < -0.3 is 14.6 Å². The number of nitrogens with zero attached hydrogens (tertiary/aromatic N) is 1. The second-order valence-corrected chi connectivity index (χ2v) is 9.53. The average molecular weight is 497 g/mol. The normalized spacial score (nSPS) is 13.2. The molecule has 3 rings (SSSR count). The van der Waals surface area contributed by atoms with E-state index in [4.69, 9.17) is 14.0 Å². The van der Waals surface area contributed by atoms with Crippen LogP contribution in [0.25, 0.3) is 0 Å². The first-order valence-corrected chi connectivity index (χ1v) is 12.7. The van der Waals surface area contributed by atoms with Crippen LogP contribution in [0.3, 0.4) is 0 Å². The van der Waals surface area contributed by atoms with Crippen molar-refractivity contribution in [2.75, 3.05) is 6.61 Å². The van der Waals surface area contributed by atoms with Crippen LogP contribution in [0.15, 0.2) is 54.9 Å². The summed E-state index contributed by atoms with van der Waals surface area (Å²) in [5, 5.41) is 10.1. The van der Waals surface area contributed by atoms with Crippen molar-refractivity contribution in [1.29, 1.82) is 0 Å². The topological polar surface area (TPSA) is 77.9 Å². The number of pyridine rings is 1. The van der Waals surface area contributed by atoms with Crippen LogP contribution in [-0.2, 0) is 20.2 Å². The van der Waals surface area contributed by atoms with Gasteiger partial charge >= 0.3 is 8.69 Å². The van der Waals surface area contributed by atoms with E-state index < -0.39 is 15.0 Å². The molecule has 0 amide bonds. The number of aromatic nitrogens is 1. The second kappa shape index (κ2) is 12.8. The molecule has 1 heterocycles. The van der Waals surface area contributed by atoms with Crippen LogP contribution in [0.1, 0.15) is 72.6 Å². The van der Waals surface area contributed by atoms with E-state index in [0.717, 1.165) is 34.4 Å². The Morgan fingerprint density at radius 2 is 1.80 bits per heavy atom. The monoisotopic (exact) mass is 496 g/mol. The van der Waals surface area contributed by atoms with Gasteiger partial charge in [0.25, 0.3) is 0 Å². The maximum absolute atomic E-state index is 10.7. The molecule has 7 heteroatoms. The van der Waals surface area contributed by atoms with Crippen LogP contribution < -0.4 is 4.74 Å². The molecule has 0 aliphatic heterocycles. The third-order valence-electron chi connectivity index (χ3n) is 6.02. The smallest absolute Gasteiger partial charge is 0.494 e. The minimum atomic E-state index is -0.794. The van der Waals surface area contributed by atoms with E-state index in [-0.39, 0.29) is 12.0 Å². The highest BCUT2D eigenvalue weighted by molar-refractivity contribution is 7.17. The summed E-state index contributed by atoms with van der Waals surface area (Å²) in [5.41, 5.74) is 6.57. The average Bonchev–Trinajstić information content (AvgIpc) is 2.82. The van der Waals surface area contributed by atoms with Crippen LogP contribution in [0.5, 0.6) is 11.5 Å². The fraction of sp³-hybridized carbons (Fsp3) is 0.393. The predicted molar refractivity (Wildman–Crippen MR) is 139 cm³/mol. The number of ether oxygens (including phenoxy) is 2. The van der Waals surface area contributed by atoms with Gasteiger partial charge in [-0.1, -0.05) is 32.0 Å². The molecule has 0 aliphatic carbocycles. The molecular weight excluding hydrogens is 461 g/mol. The van der Waals surface area contributed by atoms with E-state index >= 15 is 0 Å². The summed E-state index contributed by atoms with van der Waals surface area (Å²) >= 11 is 0. The molecule has 0 saturated heterocycles. The highest BCUT2D eigenvalue weighted by Crippen LogP contribution is 2.30. The van der Waals surface area contributed by atoms with E-state index in [9.17, 15) is 9.67 Å². The molecule has 35 heavy (non-hydrogen) atoms. The van der Waals surface area contributed by atoms with Crippen LogP contribution in [0.2, 0.25) is 0 Å². The standard InChI is InChI=1S/C28H34NO5P/c1-18(2)25-15-22(8-9-27(25)30)16-26-19(3)13-24(14-20(26)4)33-21(5)34-28(10-12-32-35-31)23-7-6-11-29-17-23/h6-9,11,13-15,17-18,21,28,35H,10,12,16H2,1-5H3/p+1/t21-,28-/m0/s1. The fourth-order valence-electron chi connectivity index (χ4n) is 4.22. The van der Waals surface area contributed by atoms with E-state index in [1.165, 1.54) is 11.1 Å². The van der Waals surface area contributed by atoms with Gasteiger partial charge in [-0.15, -0.1) is 4.52 Å². The molecule has 1 aromatic heterocycles. The van der Waals surface area contributed by atoms with Crippen LogP contribution in [0, 0.1) is 13.8 Å². The van der Waals surface area contributed by atoms with Crippen molar-refractivity contribution in [2.45, 2.75) is 65.8 Å². The Kier molecular flexibility index (Phi) is 9.79. The zero-order valence-corrected chi connectivity index (χ0v) is 22.1. The summed E-state index contributed by atoms with van der Waals surface area (Å²) < 4.78 is 28.0. The van der Waals surface area contributed by atoms with Crippen molar-refractivity contribution in [1.82, 2.24) is 4.98 Å². The van der Waals surface area contributed by atoms with Crippen molar-refractivity contribution >= 4 is 8.69 Å². The van der Waals surface area contributed by atoms with Crippen molar-refractivity contribution in [3.8, 4) is 11.5 Å². The first-order chi connectivity index (χ1) is 16.8. The number of benzene rings is 2. The minimum absolute atomic E-state index is 0.261. The molecule has 1 unspecified atom stereocenters. The summed E-state index contributed by atoms with van der Waals surface area (Å²) in [6.45, 7) is 10.5. The Morgan fingerprint density at radius 3 is 2.43 bits per heavy atom. The van der Waals surface area contributed by atoms with Crippen molar-refractivity contribution in [3.05, 3.63) is 88.2 Å². The van der Waals surface area contributed by atoms with Gasteiger partial charge in [0.1, 0.15) is 18.1 Å². The Hall–Kier alpha value is -2.79. The Bertz CT molecular complexity index is 1100. The van der Waals surface area contributed by atoms with Crippen LogP contribution in [0.4, 0.5) is 0 Å². The van der Waals surface area contributed by atoms with Crippen molar-refractivity contribution < 1.29 is 23.7 Å². The molecule has 0 aliphatic rings. The van der Waals surface area contributed by atoms with Gasteiger partial charge in [-0.2, -0.15) is 0 Å². The van der Waals surface area contributed by atoms with E-state index in [1.807, 2.05) is 37.3 Å². The van der Waals surface area contributed by atoms with E-state index in [1.54, 1.807) is 18.5 Å². The quantitative estimate of drug-likeness (QED) is 0.166. The molecule has 3 aromatic rings. The number of rotatable bonds is 12. The highest BCUT2D eigenvalue weighted by Gasteiger charge is 2.19. The van der Waals surface area contributed by atoms with Gasteiger partial charge in [0.15, 0.2) is 6.29 Å². The van der Waals surface area contributed by atoms with Gasteiger partial charge in [0, 0.05) is 18.8 Å². The lowest BCUT2D eigenvalue weighted by atomic mass is 9.93. The Morgan fingerprint density at radius 1 is 1.06 bits per heavy atom. The Labute approximate surface area is 209 Å². The highest BCUT2D eigenvalue weighted by atomic mass is 31.1. The number of aryl methyl sites for hydroxylation is 2. The first-order valence-electron chi connectivity index (χ1n) is 11.9. The molecule has 0 spiro atoms. The second-order valence-electron chi connectivity index (χ2n) is 9.08. The lowest BCUT2D eigenvalue weighted by Gasteiger charge is -2.23. The van der Waals surface area contributed by atoms with Gasteiger partial charge in [0.05, 0.1) is 6.10 Å². The summed E-state index contributed by atoms with van der Waals surface area (Å²) in [6, 6.07) is 13.7. The van der Waals surface area contributed by atoms with Gasteiger partial charge in [0.2, 0.25) is 0 Å². The zero-order chi connectivity index (χ0) is 25.4. The van der Waals surface area contributed by atoms with Crippen molar-refractivity contribution in [2.24, 2.45) is 0 Å². The van der Waals surface area contributed by atoms with E-state index in [0.29, 0.717) is 18.8 Å². The van der Waals surface area contributed by atoms with Crippen LogP contribution in [-0.4, -0.2) is 23.0 Å². The molecule has 1 N–H and O–H groups in total. The lowest BCUT2D eigenvalue weighted by Crippen LogP contribution is -2.21. The molecule has 2 aromatic carbocycles. The number of hydrogen-bond donors (Lipinski definition) is 1. The largest absolute Gasteiger partial charge is 0.508 e. The van der Waals surface area contributed by atoms with Crippen LogP contribution >= 0.6 is 8.69 Å². The summed E-state index contributed by atoms with van der Waals surface area (Å²) in [4.78, 5) is 4.18. The maximum Gasteiger partial charge on any atom is 0.494 e. The lowest BCUT2D eigenvalue weighted by molar-refractivity contribution is -0.114. The predicted octanol–water partition coefficient (Wildman–Crippen LogP) is 6.95. The van der Waals surface area contributed by atoms with Gasteiger partial charge in [-0.25, -0.2) is 0 Å². The van der Waals surface area contributed by atoms with E-state index in [2.05, 4.69) is 38.7 Å². The summed E-state index contributed by atoms with van der Waals surface area (Å²) in [6.07, 6.45) is 4.00.